The Morgan fingerprint density at radius 2 is 2.13 bits per heavy atom. The van der Waals surface area contributed by atoms with Crippen molar-refractivity contribution in [1.29, 1.82) is 0 Å². The molecule has 0 aliphatic heterocycles. The Morgan fingerprint density at radius 3 is 2.65 bits per heavy atom. The normalized spacial score (nSPS) is 17.4. The van der Waals surface area contributed by atoms with Gasteiger partial charge in [0.05, 0.1) is 12.7 Å². The van der Waals surface area contributed by atoms with Gasteiger partial charge in [-0.2, -0.15) is 0 Å². The van der Waals surface area contributed by atoms with Gasteiger partial charge in [0, 0.05) is 31.1 Å². The van der Waals surface area contributed by atoms with Crippen molar-refractivity contribution in [3.05, 3.63) is 17.8 Å². The van der Waals surface area contributed by atoms with Crippen LogP contribution < -0.4 is 10.6 Å². The molecule has 0 bridgehead atoms. The second kappa shape index (κ2) is 7.34. The first-order valence-electron chi connectivity index (χ1n) is 8.43. The zero-order valence-electron chi connectivity index (χ0n) is 15.3. The predicted molar refractivity (Wildman–Crippen MR) is 93.7 cm³/mol. The Morgan fingerprint density at radius 1 is 1.43 bits per heavy atom. The minimum atomic E-state index is -0.0198. The lowest BCUT2D eigenvalue weighted by Crippen LogP contribution is -2.45. The highest BCUT2D eigenvalue weighted by Crippen LogP contribution is 2.26. The predicted octanol–water partition coefficient (Wildman–Crippen LogP) is 2.12. The third kappa shape index (κ3) is 5.23. The summed E-state index contributed by atoms with van der Waals surface area (Å²) in [7, 11) is 3.97. The quantitative estimate of drug-likeness (QED) is 0.620. The van der Waals surface area contributed by atoms with Crippen LogP contribution >= 0.6 is 0 Å². The molecule has 1 aliphatic carbocycles. The largest absolute Gasteiger partial charge is 0.443 e. The third-order valence-corrected chi connectivity index (χ3v) is 4.31. The molecule has 2 rings (SSSR count). The number of rotatable bonds is 6. The van der Waals surface area contributed by atoms with Crippen molar-refractivity contribution in [2.45, 2.75) is 64.6 Å². The van der Waals surface area contributed by atoms with E-state index >= 15 is 0 Å². The Hall–Kier alpha value is -1.56. The lowest BCUT2D eigenvalue weighted by molar-refractivity contribution is 0.247. The number of nitrogens with one attached hydrogen (secondary N) is 2. The zero-order valence-corrected chi connectivity index (χ0v) is 15.3. The van der Waals surface area contributed by atoms with Crippen LogP contribution in [0.4, 0.5) is 0 Å². The van der Waals surface area contributed by atoms with Gasteiger partial charge in [0.25, 0.3) is 0 Å². The highest BCUT2D eigenvalue weighted by Gasteiger charge is 2.29. The number of hydrogen-bond acceptors (Lipinski definition) is 4. The van der Waals surface area contributed by atoms with E-state index in [1.165, 1.54) is 12.8 Å². The molecule has 0 spiro atoms. The maximum absolute atomic E-state index is 5.78. The molecule has 130 valence electrons. The maximum Gasteiger partial charge on any atom is 0.213 e. The average Bonchev–Trinajstić information content (AvgIpc) is 3.23. The third-order valence-electron chi connectivity index (χ3n) is 4.31. The van der Waals surface area contributed by atoms with Crippen molar-refractivity contribution in [2.24, 2.45) is 4.99 Å². The van der Waals surface area contributed by atoms with E-state index in [1.54, 1.807) is 13.2 Å². The van der Waals surface area contributed by atoms with Gasteiger partial charge in [-0.25, -0.2) is 4.98 Å². The molecule has 6 heteroatoms. The molecule has 0 aromatic carbocycles. The van der Waals surface area contributed by atoms with E-state index in [4.69, 9.17) is 4.42 Å². The van der Waals surface area contributed by atoms with Gasteiger partial charge in [-0.3, -0.25) is 9.89 Å². The first kappa shape index (κ1) is 17.8. The second-order valence-electron chi connectivity index (χ2n) is 7.42. The van der Waals surface area contributed by atoms with Crippen molar-refractivity contribution in [2.75, 3.05) is 20.6 Å². The van der Waals surface area contributed by atoms with Gasteiger partial charge in [-0.05, 0) is 26.8 Å². The highest BCUT2D eigenvalue weighted by atomic mass is 16.4. The van der Waals surface area contributed by atoms with Crippen molar-refractivity contribution in [3.63, 3.8) is 0 Å². The first-order valence-corrected chi connectivity index (χ1v) is 8.43. The number of guanidine groups is 1. The molecule has 1 fully saturated rings. The monoisotopic (exact) mass is 321 g/mol. The van der Waals surface area contributed by atoms with Crippen LogP contribution in [-0.4, -0.2) is 48.6 Å². The van der Waals surface area contributed by atoms with Crippen LogP contribution in [0.15, 0.2) is 15.6 Å². The van der Waals surface area contributed by atoms with Crippen LogP contribution in [0, 0.1) is 0 Å². The molecule has 0 saturated heterocycles. The van der Waals surface area contributed by atoms with Crippen LogP contribution in [-0.2, 0) is 12.0 Å². The summed E-state index contributed by atoms with van der Waals surface area (Å²) in [5.74, 6) is 2.36. The Balaban J connectivity index is 1.77. The summed E-state index contributed by atoms with van der Waals surface area (Å²) in [5.41, 5.74) is -0.0198. The molecule has 1 heterocycles. The van der Waals surface area contributed by atoms with Crippen molar-refractivity contribution >= 4 is 5.96 Å². The van der Waals surface area contributed by atoms with E-state index in [1.807, 2.05) is 0 Å². The standard InChI is InChI=1S/C17H31N5O/c1-12(22(6)13-7-8-13)9-20-16(18-5)21-11-15-19-10-14(23-15)17(2,3)4/h10,12-13H,7-9,11H2,1-6H3,(H2,18,20,21). The van der Waals surface area contributed by atoms with E-state index in [0.29, 0.717) is 18.5 Å². The molecule has 0 radical (unpaired) electrons. The Kier molecular flexibility index (Phi) is 5.68. The summed E-state index contributed by atoms with van der Waals surface area (Å²) in [4.78, 5) is 11.0. The molecule has 1 aliphatic rings. The molecule has 1 atom stereocenters. The first-order chi connectivity index (χ1) is 10.8. The van der Waals surface area contributed by atoms with E-state index in [2.05, 4.69) is 60.3 Å². The number of nitrogens with zero attached hydrogens (tertiary/aromatic N) is 3. The summed E-state index contributed by atoms with van der Waals surface area (Å²) in [5, 5.41) is 6.62. The van der Waals surface area contributed by atoms with Crippen molar-refractivity contribution in [3.8, 4) is 0 Å². The van der Waals surface area contributed by atoms with Crippen LogP contribution in [0.1, 0.15) is 52.2 Å². The van der Waals surface area contributed by atoms with E-state index in [-0.39, 0.29) is 5.41 Å². The van der Waals surface area contributed by atoms with Gasteiger partial charge in [-0.15, -0.1) is 0 Å². The average molecular weight is 321 g/mol. The Labute approximate surface area is 139 Å². The molecule has 1 aromatic rings. The maximum atomic E-state index is 5.78. The smallest absolute Gasteiger partial charge is 0.213 e. The summed E-state index contributed by atoms with van der Waals surface area (Å²) < 4.78 is 5.78. The lowest BCUT2D eigenvalue weighted by atomic mass is 9.94. The fourth-order valence-electron chi connectivity index (χ4n) is 2.35. The van der Waals surface area contributed by atoms with Gasteiger partial charge in [0.1, 0.15) is 5.76 Å². The summed E-state index contributed by atoms with van der Waals surface area (Å²) in [6.07, 6.45) is 4.46. The molecule has 6 nitrogen and oxygen atoms in total. The lowest BCUT2D eigenvalue weighted by Gasteiger charge is -2.25. The molecular formula is C17H31N5O. The van der Waals surface area contributed by atoms with Gasteiger partial charge >= 0.3 is 0 Å². The SMILES string of the molecule is CN=C(NCc1ncc(C(C)(C)C)o1)NCC(C)N(C)C1CC1. The van der Waals surface area contributed by atoms with E-state index < -0.39 is 0 Å². The zero-order chi connectivity index (χ0) is 17.0. The molecule has 1 aromatic heterocycles. The van der Waals surface area contributed by atoms with E-state index in [9.17, 15) is 0 Å². The molecule has 2 N–H and O–H groups in total. The van der Waals surface area contributed by atoms with Crippen LogP contribution in [0.25, 0.3) is 0 Å². The van der Waals surface area contributed by atoms with Gasteiger partial charge in [0.15, 0.2) is 5.96 Å². The minimum absolute atomic E-state index is 0.0198. The summed E-state index contributed by atoms with van der Waals surface area (Å²) in [6, 6.07) is 1.25. The number of aliphatic imine (C=N–C) groups is 1. The summed E-state index contributed by atoms with van der Waals surface area (Å²) >= 11 is 0. The van der Waals surface area contributed by atoms with Gasteiger partial charge in [0.2, 0.25) is 5.89 Å². The number of aromatic nitrogens is 1. The molecule has 1 unspecified atom stereocenters. The molecule has 1 saturated carbocycles. The van der Waals surface area contributed by atoms with Crippen molar-refractivity contribution < 1.29 is 4.42 Å². The van der Waals surface area contributed by atoms with Crippen molar-refractivity contribution in [1.82, 2.24) is 20.5 Å². The van der Waals surface area contributed by atoms with Crippen LogP contribution in [0.5, 0.6) is 0 Å². The molecule has 23 heavy (non-hydrogen) atoms. The molecule has 0 amide bonds. The summed E-state index contributed by atoms with van der Waals surface area (Å²) in [6.45, 7) is 9.98. The van der Waals surface area contributed by atoms with Gasteiger partial charge in [-0.1, -0.05) is 20.8 Å². The Bertz CT molecular complexity index is 527. The van der Waals surface area contributed by atoms with Crippen LogP contribution in [0.3, 0.4) is 0 Å². The van der Waals surface area contributed by atoms with Gasteiger partial charge < -0.3 is 15.1 Å². The fourth-order valence-corrected chi connectivity index (χ4v) is 2.35. The van der Waals surface area contributed by atoms with E-state index in [0.717, 1.165) is 24.3 Å². The number of hydrogen-bond donors (Lipinski definition) is 2. The second-order valence-corrected chi connectivity index (χ2v) is 7.42. The fraction of sp³-hybridized carbons (Fsp3) is 0.765. The topological polar surface area (TPSA) is 65.7 Å². The highest BCUT2D eigenvalue weighted by molar-refractivity contribution is 5.79. The number of likely N-dealkylation sites (N-methyl/N-ethyl adjacent to an activating group) is 1. The molecular weight excluding hydrogens is 290 g/mol. The van der Waals surface area contributed by atoms with Crippen LogP contribution in [0.2, 0.25) is 0 Å². The minimum Gasteiger partial charge on any atom is -0.443 e. The number of oxazole rings is 1.